The monoisotopic (exact) mass is 408 g/mol. The summed E-state index contributed by atoms with van der Waals surface area (Å²) in [5, 5.41) is 3.97. The number of fused-ring (bicyclic) bond motifs is 1. The Morgan fingerprint density at radius 2 is 1.93 bits per heavy atom. The Morgan fingerprint density at radius 3 is 2.56 bits per heavy atom. The van der Waals surface area contributed by atoms with Gasteiger partial charge in [-0.15, -0.1) is 0 Å². The van der Waals surface area contributed by atoms with Crippen LogP contribution in [-0.4, -0.2) is 33.7 Å². The van der Waals surface area contributed by atoms with Crippen molar-refractivity contribution >= 4 is 22.6 Å². The maximum Gasteiger partial charge on any atom is 0.419 e. The van der Waals surface area contributed by atoms with Gasteiger partial charge < -0.3 is 9.47 Å². The molecule has 12 heteroatoms. The van der Waals surface area contributed by atoms with E-state index in [-0.39, 0.29) is 22.0 Å². The zero-order valence-corrected chi connectivity index (χ0v) is 14.5. The first-order valence-electron chi connectivity index (χ1n) is 7.21. The van der Waals surface area contributed by atoms with Gasteiger partial charge in [0.15, 0.2) is 29.8 Å². The number of rotatable bonds is 4. The van der Waals surface area contributed by atoms with Gasteiger partial charge in [0, 0.05) is 25.9 Å². The average Bonchev–Trinajstić information content (AvgIpc) is 2.90. The van der Waals surface area contributed by atoms with Gasteiger partial charge in [-0.2, -0.15) is 23.3 Å². The van der Waals surface area contributed by atoms with Gasteiger partial charge >= 0.3 is 6.18 Å². The van der Waals surface area contributed by atoms with E-state index in [1.807, 2.05) is 0 Å². The second-order valence-corrected chi connectivity index (χ2v) is 5.66. The number of hydrogen-bond acceptors (Lipinski definition) is 5. The quantitative estimate of drug-likeness (QED) is 0.371. The van der Waals surface area contributed by atoms with E-state index >= 15 is 0 Å². The molecule has 0 bridgehead atoms. The summed E-state index contributed by atoms with van der Waals surface area (Å²) < 4.78 is 79.1. The van der Waals surface area contributed by atoms with Crippen LogP contribution in [0.1, 0.15) is 5.56 Å². The number of nitrogens with zero attached hydrogens (tertiary/aromatic N) is 4. The molecule has 0 aliphatic heterocycles. The van der Waals surface area contributed by atoms with Crippen LogP contribution in [0.15, 0.2) is 12.3 Å². The van der Waals surface area contributed by atoms with E-state index in [9.17, 15) is 22.0 Å². The van der Waals surface area contributed by atoms with Gasteiger partial charge in [-0.1, -0.05) is 0 Å². The summed E-state index contributed by atoms with van der Waals surface area (Å²) in [5.41, 5.74) is -2.42. The number of alkyl halides is 3. The van der Waals surface area contributed by atoms with Crippen LogP contribution >= 0.6 is 11.6 Å². The van der Waals surface area contributed by atoms with Crippen LogP contribution < -0.4 is 4.74 Å². The van der Waals surface area contributed by atoms with Crippen LogP contribution in [0.4, 0.5) is 22.0 Å². The van der Waals surface area contributed by atoms with Crippen LogP contribution in [0.3, 0.4) is 0 Å². The Balaban J connectivity index is 2.33. The fourth-order valence-corrected chi connectivity index (χ4v) is 2.58. The molecule has 0 N–H and O–H groups in total. The normalized spacial score (nSPS) is 12.0. The molecule has 0 fully saturated rings. The van der Waals surface area contributed by atoms with Crippen molar-refractivity contribution in [1.29, 1.82) is 0 Å². The molecule has 1 aromatic carbocycles. The van der Waals surface area contributed by atoms with E-state index < -0.39 is 41.5 Å². The third kappa shape index (κ3) is 3.39. The van der Waals surface area contributed by atoms with Crippen LogP contribution in [0.5, 0.6) is 5.75 Å². The smallest absolute Gasteiger partial charge is 0.419 e. The third-order valence-corrected chi connectivity index (χ3v) is 3.77. The van der Waals surface area contributed by atoms with Crippen molar-refractivity contribution < 1.29 is 31.4 Å². The van der Waals surface area contributed by atoms with Gasteiger partial charge in [0.1, 0.15) is 5.69 Å². The molecule has 3 rings (SSSR count). The largest absolute Gasteiger partial charge is 0.461 e. The molecule has 0 amide bonds. The topological polar surface area (TPSA) is 62.1 Å². The number of halogens is 6. The minimum absolute atomic E-state index is 0.123. The zero-order valence-electron chi connectivity index (χ0n) is 13.7. The van der Waals surface area contributed by atoms with Gasteiger partial charge in [-0.3, -0.25) is 0 Å². The summed E-state index contributed by atoms with van der Waals surface area (Å²) >= 11 is 5.70. The first-order chi connectivity index (χ1) is 12.6. The fourth-order valence-electron chi connectivity index (χ4n) is 2.45. The van der Waals surface area contributed by atoms with Crippen molar-refractivity contribution in [3.63, 3.8) is 0 Å². The van der Waals surface area contributed by atoms with Gasteiger partial charge in [0.25, 0.3) is 0 Å². The van der Waals surface area contributed by atoms with Crippen LogP contribution in [0.2, 0.25) is 5.28 Å². The van der Waals surface area contributed by atoms with Gasteiger partial charge in [0.2, 0.25) is 5.28 Å². The molecule has 6 nitrogen and oxygen atoms in total. The molecule has 0 unspecified atom stereocenters. The number of hydrogen-bond donors (Lipinski definition) is 0. The van der Waals surface area contributed by atoms with Crippen LogP contribution in [0.25, 0.3) is 22.3 Å². The Labute approximate surface area is 153 Å². The summed E-state index contributed by atoms with van der Waals surface area (Å²) in [4.78, 5) is 7.62. The lowest BCUT2D eigenvalue weighted by Crippen LogP contribution is -2.13. The molecule has 3 aromatic rings. The van der Waals surface area contributed by atoms with E-state index in [0.29, 0.717) is 6.07 Å². The Kier molecular flexibility index (Phi) is 4.91. The minimum atomic E-state index is -5.10. The average molecular weight is 409 g/mol. The van der Waals surface area contributed by atoms with Gasteiger partial charge in [-0.25, -0.2) is 18.4 Å². The van der Waals surface area contributed by atoms with Crippen LogP contribution in [-0.2, 0) is 18.0 Å². The summed E-state index contributed by atoms with van der Waals surface area (Å²) in [6.07, 6.45) is -3.92. The van der Waals surface area contributed by atoms with Crippen molar-refractivity contribution in [2.45, 2.75) is 6.18 Å². The highest BCUT2D eigenvalue weighted by Gasteiger charge is 2.38. The number of aryl methyl sites for hydroxylation is 1. The SMILES string of the molecule is COCOc1c(F)c(-c2nn(C)c3nc(Cl)ncc23)cc(C(F)(F)F)c1F. The molecule has 2 aromatic heterocycles. The fraction of sp³-hybridized carbons (Fsp3) is 0.267. The molecule has 0 atom stereocenters. The molecule has 0 aliphatic rings. The van der Waals surface area contributed by atoms with E-state index in [1.54, 1.807) is 0 Å². The van der Waals surface area contributed by atoms with Crippen molar-refractivity contribution in [1.82, 2.24) is 19.7 Å². The van der Waals surface area contributed by atoms with E-state index in [2.05, 4.69) is 19.8 Å². The lowest BCUT2D eigenvalue weighted by molar-refractivity contribution is -0.140. The first-order valence-corrected chi connectivity index (χ1v) is 7.59. The lowest BCUT2D eigenvalue weighted by Gasteiger charge is -2.15. The second-order valence-electron chi connectivity index (χ2n) is 5.33. The minimum Gasteiger partial charge on any atom is -0.461 e. The number of aromatic nitrogens is 4. The number of ether oxygens (including phenoxy) is 2. The standard InChI is InChI=1S/C15H10ClF5N4O2/c1-25-13-7(4-22-14(16)23-13)11(24-25)6-3-8(15(19,20)21)10(18)12(9(6)17)27-5-26-2/h3-4H,5H2,1-2H3. The second kappa shape index (κ2) is 6.89. The molecule has 27 heavy (non-hydrogen) atoms. The van der Waals surface area contributed by atoms with E-state index in [1.165, 1.54) is 17.9 Å². The maximum atomic E-state index is 14.8. The third-order valence-electron chi connectivity index (χ3n) is 3.59. The summed E-state index contributed by atoms with van der Waals surface area (Å²) in [6.45, 7) is -0.656. The lowest BCUT2D eigenvalue weighted by atomic mass is 10.0. The molecule has 0 saturated carbocycles. The van der Waals surface area contributed by atoms with Crippen LogP contribution in [0, 0.1) is 11.6 Å². The summed E-state index contributed by atoms with van der Waals surface area (Å²) in [6, 6.07) is 0.320. The predicted molar refractivity (Wildman–Crippen MR) is 84.2 cm³/mol. The zero-order chi connectivity index (χ0) is 19.9. The Hall–Kier alpha value is -2.53. The van der Waals surface area contributed by atoms with Crippen molar-refractivity contribution in [2.24, 2.45) is 7.05 Å². The summed E-state index contributed by atoms with van der Waals surface area (Å²) in [7, 11) is 2.58. The Bertz CT molecular complexity index is 1020. The maximum absolute atomic E-state index is 14.8. The molecule has 2 heterocycles. The molecular formula is C15H10ClF5N4O2. The van der Waals surface area contributed by atoms with Crippen molar-refractivity contribution in [3.8, 4) is 17.0 Å². The van der Waals surface area contributed by atoms with Gasteiger partial charge in [-0.05, 0) is 17.7 Å². The highest BCUT2D eigenvalue weighted by Crippen LogP contribution is 2.41. The summed E-state index contributed by atoms with van der Waals surface area (Å²) in [5.74, 6) is -4.48. The first kappa shape index (κ1) is 19.2. The molecule has 0 aliphatic carbocycles. The van der Waals surface area contributed by atoms with E-state index in [4.69, 9.17) is 16.3 Å². The van der Waals surface area contributed by atoms with Crippen molar-refractivity contribution in [3.05, 3.63) is 34.7 Å². The molecule has 0 saturated heterocycles. The molecular weight excluding hydrogens is 399 g/mol. The predicted octanol–water partition coefficient (Wildman–Crippen LogP) is 3.96. The molecule has 0 spiro atoms. The Morgan fingerprint density at radius 1 is 1.22 bits per heavy atom. The van der Waals surface area contributed by atoms with Gasteiger partial charge in [0.05, 0.1) is 10.9 Å². The molecule has 0 radical (unpaired) electrons. The highest BCUT2D eigenvalue weighted by molar-refractivity contribution is 6.28. The van der Waals surface area contributed by atoms with Crippen molar-refractivity contribution in [2.75, 3.05) is 13.9 Å². The molecule has 144 valence electrons. The number of benzene rings is 1. The number of methoxy groups -OCH3 is 1. The van der Waals surface area contributed by atoms with E-state index in [0.717, 1.165) is 7.11 Å². The highest BCUT2D eigenvalue weighted by atomic mass is 35.5.